The molecule has 0 radical (unpaired) electrons. The van der Waals surface area contributed by atoms with Gasteiger partial charge in [0.05, 0.1) is 0 Å². The van der Waals surface area contributed by atoms with Crippen molar-refractivity contribution in [1.29, 1.82) is 0 Å². The number of amides is 1. The van der Waals surface area contributed by atoms with Crippen LogP contribution in [0.5, 0.6) is 0 Å². The molecule has 1 fully saturated rings. The summed E-state index contributed by atoms with van der Waals surface area (Å²) in [5.41, 5.74) is 1.24. The van der Waals surface area contributed by atoms with Crippen molar-refractivity contribution >= 4 is 5.91 Å². The first-order valence-corrected chi connectivity index (χ1v) is 6.92. The van der Waals surface area contributed by atoms with Crippen LogP contribution < -0.4 is 10.6 Å². The van der Waals surface area contributed by atoms with Crippen molar-refractivity contribution in [3.8, 4) is 0 Å². The van der Waals surface area contributed by atoms with E-state index in [1.54, 1.807) is 13.0 Å². The van der Waals surface area contributed by atoms with Crippen LogP contribution in [0.25, 0.3) is 0 Å². The van der Waals surface area contributed by atoms with Gasteiger partial charge in [-0.05, 0) is 69.0 Å². The number of rotatable bonds is 4. The summed E-state index contributed by atoms with van der Waals surface area (Å²) in [4.78, 5) is 12.0. The second-order valence-corrected chi connectivity index (χ2v) is 5.20. The van der Waals surface area contributed by atoms with E-state index in [4.69, 9.17) is 0 Å². The first-order chi connectivity index (χ1) is 9.16. The second-order valence-electron chi connectivity index (χ2n) is 5.20. The molecule has 0 spiro atoms. The minimum atomic E-state index is -0.302. The molecule has 4 heteroatoms. The van der Waals surface area contributed by atoms with Crippen molar-refractivity contribution in [2.24, 2.45) is 5.92 Å². The smallest absolute Gasteiger partial charge is 0.251 e. The molecule has 1 aliphatic rings. The maximum Gasteiger partial charge on any atom is 0.251 e. The molecule has 0 saturated carbocycles. The molecule has 104 valence electrons. The van der Waals surface area contributed by atoms with Crippen molar-refractivity contribution in [2.75, 3.05) is 19.6 Å². The predicted octanol–water partition coefficient (Wildman–Crippen LogP) is 2.25. The quantitative estimate of drug-likeness (QED) is 0.875. The van der Waals surface area contributed by atoms with Gasteiger partial charge in [-0.25, -0.2) is 4.39 Å². The fourth-order valence-electron chi connectivity index (χ4n) is 2.54. The van der Waals surface area contributed by atoms with E-state index in [0.717, 1.165) is 19.5 Å². The SMILES string of the molecule is Cc1cc(F)ccc1C(=O)NCCC1CCNCC1. The van der Waals surface area contributed by atoms with Gasteiger partial charge in [0.2, 0.25) is 0 Å². The Balaban J connectivity index is 1.80. The Morgan fingerprint density at radius 1 is 1.42 bits per heavy atom. The van der Waals surface area contributed by atoms with Crippen LogP contribution in [0, 0.1) is 18.7 Å². The van der Waals surface area contributed by atoms with Crippen molar-refractivity contribution in [3.05, 3.63) is 35.1 Å². The Morgan fingerprint density at radius 2 is 2.16 bits per heavy atom. The van der Waals surface area contributed by atoms with E-state index in [9.17, 15) is 9.18 Å². The average molecular weight is 264 g/mol. The summed E-state index contributed by atoms with van der Waals surface area (Å²) in [6.45, 7) is 4.61. The zero-order valence-corrected chi connectivity index (χ0v) is 11.3. The first-order valence-electron chi connectivity index (χ1n) is 6.92. The number of aryl methyl sites for hydroxylation is 1. The minimum absolute atomic E-state index is 0.105. The van der Waals surface area contributed by atoms with E-state index < -0.39 is 0 Å². The van der Waals surface area contributed by atoms with E-state index in [0.29, 0.717) is 23.6 Å². The van der Waals surface area contributed by atoms with Crippen molar-refractivity contribution in [2.45, 2.75) is 26.2 Å². The highest BCUT2D eigenvalue weighted by atomic mass is 19.1. The number of carbonyl (C=O) groups is 1. The number of halogens is 1. The summed E-state index contributed by atoms with van der Waals surface area (Å²) in [5.74, 6) is 0.297. The average Bonchev–Trinajstić information content (AvgIpc) is 2.39. The maximum absolute atomic E-state index is 13.0. The Morgan fingerprint density at radius 3 is 2.84 bits per heavy atom. The largest absolute Gasteiger partial charge is 0.352 e. The molecule has 1 aliphatic heterocycles. The van der Waals surface area contributed by atoms with Crippen LogP contribution in [-0.2, 0) is 0 Å². The van der Waals surface area contributed by atoms with Crippen LogP contribution in [0.3, 0.4) is 0 Å². The summed E-state index contributed by atoms with van der Waals surface area (Å²) in [7, 11) is 0. The van der Waals surface area contributed by atoms with Crippen molar-refractivity contribution in [1.82, 2.24) is 10.6 Å². The molecule has 1 heterocycles. The van der Waals surface area contributed by atoms with Crippen LogP contribution >= 0.6 is 0 Å². The Bertz CT molecular complexity index is 442. The predicted molar refractivity (Wildman–Crippen MR) is 73.7 cm³/mol. The third-order valence-corrected chi connectivity index (χ3v) is 3.73. The lowest BCUT2D eigenvalue weighted by molar-refractivity contribution is 0.0950. The Labute approximate surface area is 113 Å². The standard InChI is InChI=1S/C15H21FN2O/c1-11-10-13(16)2-3-14(11)15(19)18-9-6-12-4-7-17-8-5-12/h2-3,10,12,17H,4-9H2,1H3,(H,18,19). The van der Waals surface area contributed by atoms with Gasteiger partial charge >= 0.3 is 0 Å². The molecule has 2 N–H and O–H groups in total. The summed E-state index contributed by atoms with van der Waals surface area (Å²) >= 11 is 0. The molecule has 0 unspecified atom stereocenters. The first kappa shape index (κ1) is 14.0. The highest BCUT2D eigenvalue weighted by molar-refractivity contribution is 5.95. The normalized spacial score (nSPS) is 16.3. The van der Waals surface area contributed by atoms with Crippen LogP contribution in [0.1, 0.15) is 35.2 Å². The summed E-state index contributed by atoms with van der Waals surface area (Å²) < 4.78 is 13.0. The van der Waals surface area contributed by atoms with Gasteiger partial charge in [-0.3, -0.25) is 4.79 Å². The Kier molecular flexibility index (Phi) is 4.91. The summed E-state index contributed by atoms with van der Waals surface area (Å²) in [6, 6.07) is 4.26. The molecule has 0 atom stereocenters. The molecular weight excluding hydrogens is 243 g/mol. The minimum Gasteiger partial charge on any atom is -0.352 e. The lowest BCUT2D eigenvalue weighted by atomic mass is 9.95. The topological polar surface area (TPSA) is 41.1 Å². The van der Waals surface area contributed by atoms with Gasteiger partial charge in [0.1, 0.15) is 5.82 Å². The molecule has 1 amide bonds. The molecule has 1 aromatic rings. The van der Waals surface area contributed by atoms with Gasteiger partial charge in [-0.15, -0.1) is 0 Å². The summed E-state index contributed by atoms with van der Waals surface area (Å²) in [6.07, 6.45) is 3.39. The second kappa shape index (κ2) is 6.66. The van der Waals surface area contributed by atoms with E-state index >= 15 is 0 Å². The number of piperidine rings is 1. The van der Waals surface area contributed by atoms with E-state index in [1.165, 1.54) is 25.0 Å². The highest BCUT2D eigenvalue weighted by Crippen LogP contribution is 2.15. The fourth-order valence-corrected chi connectivity index (χ4v) is 2.54. The van der Waals surface area contributed by atoms with Gasteiger partial charge in [0.15, 0.2) is 0 Å². The van der Waals surface area contributed by atoms with Crippen LogP contribution in [0.4, 0.5) is 4.39 Å². The number of hydrogen-bond acceptors (Lipinski definition) is 2. The van der Waals surface area contributed by atoms with E-state index in [1.807, 2.05) is 0 Å². The lowest BCUT2D eigenvalue weighted by Gasteiger charge is -2.22. The maximum atomic E-state index is 13.0. The highest BCUT2D eigenvalue weighted by Gasteiger charge is 2.14. The van der Waals surface area contributed by atoms with Gasteiger partial charge in [-0.1, -0.05) is 0 Å². The molecular formula is C15H21FN2O. The van der Waals surface area contributed by atoms with Gasteiger partial charge in [-0.2, -0.15) is 0 Å². The van der Waals surface area contributed by atoms with Gasteiger partial charge in [0, 0.05) is 12.1 Å². The zero-order valence-electron chi connectivity index (χ0n) is 11.3. The van der Waals surface area contributed by atoms with Crippen LogP contribution in [-0.4, -0.2) is 25.5 Å². The van der Waals surface area contributed by atoms with Crippen molar-refractivity contribution in [3.63, 3.8) is 0 Å². The van der Waals surface area contributed by atoms with Gasteiger partial charge < -0.3 is 10.6 Å². The molecule has 3 nitrogen and oxygen atoms in total. The number of carbonyl (C=O) groups excluding carboxylic acids is 1. The molecule has 1 aromatic carbocycles. The fraction of sp³-hybridized carbons (Fsp3) is 0.533. The van der Waals surface area contributed by atoms with Crippen LogP contribution in [0.15, 0.2) is 18.2 Å². The lowest BCUT2D eigenvalue weighted by Crippen LogP contribution is -2.31. The third kappa shape index (κ3) is 4.03. The molecule has 19 heavy (non-hydrogen) atoms. The molecule has 0 bridgehead atoms. The molecule has 1 saturated heterocycles. The van der Waals surface area contributed by atoms with Crippen molar-refractivity contribution < 1.29 is 9.18 Å². The Hall–Kier alpha value is -1.42. The van der Waals surface area contributed by atoms with E-state index in [-0.39, 0.29) is 11.7 Å². The third-order valence-electron chi connectivity index (χ3n) is 3.73. The molecule has 0 aromatic heterocycles. The molecule has 2 rings (SSSR count). The number of benzene rings is 1. The monoisotopic (exact) mass is 264 g/mol. The molecule has 0 aliphatic carbocycles. The number of hydrogen-bond donors (Lipinski definition) is 2. The van der Waals surface area contributed by atoms with E-state index in [2.05, 4.69) is 10.6 Å². The van der Waals surface area contributed by atoms with Gasteiger partial charge in [0.25, 0.3) is 5.91 Å². The summed E-state index contributed by atoms with van der Waals surface area (Å²) in [5, 5.41) is 6.25. The van der Waals surface area contributed by atoms with Crippen LogP contribution in [0.2, 0.25) is 0 Å². The number of nitrogens with one attached hydrogen (secondary N) is 2. The zero-order chi connectivity index (χ0) is 13.7.